The van der Waals surface area contributed by atoms with Gasteiger partial charge in [0.1, 0.15) is 0 Å². The van der Waals surface area contributed by atoms with Crippen molar-refractivity contribution >= 4 is 5.91 Å². The van der Waals surface area contributed by atoms with Gasteiger partial charge in [-0.2, -0.15) is 0 Å². The number of nitrogens with zero attached hydrogens (tertiary/aromatic N) is 1. The molecule has 1 amide bonds. The molecule has 1 rings (SSSR count). The van der Waals surface area contributed by atoms with Crippen LogP contribution < -0.4 is 0 Å². The molecule has 0 aliphatic carbocycles. The van der Waals surface area contributed by atoms with Gasteiger partial charge in [-0.25, -0.2) is 0 Å². The molecule has 2 nitrogen and oxygen atoms in total. The minimum Gasteiger partial charge on any atom is -0.338 e. The Balaban J connectivity index is 2.77. The van der Waals surface area contributed by atoms with Crippen molar-refractivity contribution in [3.63, 3.8) is 0 Å². The number of amides is 1. The van der Waals surface area contributed by atoms with Crippen LogP contribution in [0.3, 0.4) is 0 Å². The molecule has 0 aliphatic heterocycles. The van der Waals surface area contributed by atoms with Gasteiger partial charge in [-0.05, 0) is 31.4 Å². The molecular weight excluding hydrogens is 210 g/mol. The van der Waals surface area contributed by atoms with Crippen molar-refractivity contribution in [3.05, 3.63) is 35.4 Å². The van der Waals surface area contributed by atoms with Crippen LogP contribution in [0.2, 0.25) is 0 Å². The zero-order chi connectivity index (χ0) is 12.8. The first-order valence-electron chi connectivity index (χ1n) is 6.43. The highest BCUT2D eigenvalue weighted by molar-refractivity contribution is 5.78. The Labute approximate surface area is 105 Å². The van der Waals surface area contributed by atoms with E-state index in [9.17, 15) is 4.79 Å². The Bertz CT molecular complexity index is 373. The predicted octanol–water partition coefficient (Wildman–Crippen LogP) is 3.39. The summed E-state index contributed by atoms with van der Waals surface area (Å²) in [6.45, 7) is 9.70. The molecule has 17 heavy (non-hydrogen) atoms. The van der Waals surface area contributed by atoms with E-state index in [4.69, 9.17) is 0 Å². The normalized spacial score (nSPS) is 12.2. The third kappa shape index (κ3) is 3.58. The van der Waals surface area contributed by atoms with E-state index in [0.29, 0.717) is 0 Å². The first-order valence-corrected chi connectivity index (χ1v) is 6.43. The van der Waals surface area contributed by atoms with E-state index in [1.807, 2.05) is 30.9 Å². The lowest BCUT2D eigenvalue weighted by atomic mass is 10.1. The molecule has 1 unspecified atom stereocenters. The van der Waals surface area contributed by atoms with Crippen LogP contribution in [0.15, 0.2) is 24.3 Å². The molecule has 1 aromatic carbocycles. The number of hydrogen-bond donors (Lipinski definition) is 0. The molecule has 0 aliphatic rings. The molecule has 0 bridgehead atoms. The molecule has 0 saturated heterocycles. The zero-order valence-electron chi connectivity index (χ0n) is 11.4. The molecule has 0 aromatic heterocycles. The van der Waals surface area contributed by atoms with Crippen LogP contribution >= 0.6 is 0 Å². The Morgan fingerprint density at radius 1 is 1.29 bits per heavy atom. The maximum Gasteiger partial charge on any atom is 0.225 e. The van der Waals surface area contributed by atoms with Gasteiger partial charge >= 0.3 is 0 Å². The largest absolute Gasteiger partial charge is 0.338 e. The summed E-state index contributed by atoms with van der Waals surface area (Å²) < 4.78 is 0. The van der Waals surface area contributed by atoms with Gasteiger partial charge in [0.2, 0.25) is 5.91 Å². The van der Waals surface area contributed by atoms with Crippen LogP contribution in [-0.4, -0.2) is 17.4 Å². The summed E-state index contributed by atoms with van der Waals surface area (Å²) in [6.07, 6.45) is 0.906. The van der Waals surface area contributed by atoms with Gasteiger partial charge in [-0.15, -0.1) is 0 Å². The van der Waals surface area contributed by atoms with Crippen LogP contribution in [0.1, 0.15) is 38.3 Å². The predicted molar refractivity (Wildman–Crippen MR) is 71.7 cm³/mol. The number of benzene rings is 1. The van der Waals surface area contributed by atoms with E-state index in [1.54, 1.807) is 0 Å². The van der Waals surface area contributed by atoms with Gasteiger partial charge in [0.15, 0.2) is 0 Å². The smallest absolute Gasteiger partial charge is 0.225 e. The number of carbonyl (C=O) groups excluding carboxylic acids is 1. The topological polar surface area (TPSA) is 20.3 Å². The summed E-state index contributed by atoms with van der Waals surface area (Å²) in [7, 11) is 0. The van der Waals surface area contributed by atoms with Crippen LogP contribution in [0, 0.1) is 12.8 Å². The lowest BCUT2D eigenvalue weighted by molar-refractivity contribution is -0.135. The molecule has 0 N–H and O–H groups in total. The standard InChI is InChI=1S/C15H23NO/c1-5-12(3)15(17)16(6-2)11-14-10-8-7-9-13(14)4/h7-10,12H,5-6,11H2,1-4H3. The summed E-state index contributed by atoms with van der Waals surface area (Å²) >= 11 is 0. The lowest BCUT2D eigenvalue weighted by Gasteiger charge is -2.24. The number of carbonyl (C=O) groups is 1. The summed E-state index contributed by atoms with van der Waals surface area (Å²) in [5.74, 6) is 0.386. The summed E-state index contributed by atoms with van der Waals surface area (Å²) in [6, 6.07) is 8.26. The average molecular weight is 233 g/mol. The van der Waals surface area contributed by atoms with Crippen molar-refractivity contribution in [2.75, 3.05) is 6.54 Å². The van der Waals surface area contributed by atoms with Gasteiger partial charge in [0, 0.05) is 19.0 Å². The van der Waals surface area contributed by atoms with Crippen molar-refractivity contribution < 1.29 is 4.79 Å². The minimum absolute atomic E-state index is 0.124. The zero-order valence-corrected chi connectivity index (χ0v) is 11.4. The highest BCUT2D eigenvalue weighted by Gasteiger charge is 2.18. The molecule has 2 heteroatoms. The van der Waals surface area contributed by atoms with Crippen molar-refractivity contribution in [2.45, 2.75) is 40.7 Å². The second kappa shape index (κ2) is 6.43. The van der Waals surface area contributed by atoms with E-state index in [0.717, 1.165) is 19.5 Å². The third-order valence-corrected chi connectivity index (χ3v) is 3.35. The fourth-order valence-corrected chi connectivity index (χ4v) is 1.82. The molecule has 0 fully saturated rings. The number of aryl methyl sites for hydroxylation is 1. The van der Waals surface area contributed by atoms with Crippen LogP contribution in [0.4, 0.5) is 0 Å². The minimum atomic E-state index is 0.124. The van der Waals surface area contributed by atoms with Crippen LogP contribution in [0.25, 0.3) is 0 Å². The van der Waals surface area contributed by atoms with E-state index >= 15 is 0 Å². The van der Waals surface area contributed by atoms with Gasteiger partial charge in [0.05, 0.1) is 0 Å². The average Bonchev–Trinajstić information content (AvgIpc) is 2.36. The highest BCUT2D eigenvalue weighted by Crippen LogP contribution is 2.13. The summed E-state index contributed by atoms with van der Waals surface area (Å²) in [5.41, 5.74) is 2.49. The Kier molecular flexibility index (Phi) is 5.20. The van der Waals surface area contributed by atoms with Gasteiger partial charge in [-0.1, -0.05) is 38.1 Å². The molecule has 0 spiro atoms. The quantitative estimate of drug-likeness (QED) is 0.763. The molecule has 1 atom stereocenters. The number of rotatable bonds is 5. The molecule has 0 saturated carbocycles. The molecule has 1 aromatic rings. The van der Waals surface area contributed by atoms with Crippen molar-refractivity contribution in [3.8, 4) is 0 Å². The molecule has 0 radical (unpaired) electrons. The Morgan fingerprint density at radius 2 is 1.94 bits per heavy atom. The van der Waals surface area contributed by atoms with Crippen LogP contribution in [0.5, 0.6) is 0 Å². The Hall–Kier alpha value is -1.31. The van der Waals surface area contributed by atoms with Crippen molar-refractivity contribution in [1.29, 1.82) is 0 Å². The van der Waals surface area contributed by atoms with Crippen molar-refractivity contribution in [2.24, 2.45) is 5.92 Å². The first-order chi connectivity index (χ1) is 8.10. The van der Waals surface area contributed by atoms with E-state index < -0.39 is 0 Å². The van der Waals surface area contributed by atoms with Crippen molar-refractivity contribution in [1.82, 2.24) is 4.90 Å². The first kappa shape index (κ1) is 13.8. The lowest BCUT2D eigenvalue weighted by Crippen LogP contribution is -2.34. The number of hydrogen-bond acceptors (Lipinski definition) is 1. The molecule has 94 valence electrons. The van der Waals surface area contributed by atoms with Gasteiger partial charge in [0.25, 0.3) is 0 Å². The summed E-state index contributed by atoms with van der Waals surface area (Å²) in [4.78, 5) is 14.1. The van der Waals surface area contributed by atoms with E-state index in [1.165, 1.54) is 11.1 Å². The fraction of sp³-hybridized carbons (Fsp3) is 0.533. The Morgan fingerprint density at radius 3 is 2.47 bits per heavy atom. The second-order valence-corrected chi connectivity index (χ2v) is 4.59. The van der Waals surface area contributed by atoms with E-state index in [-0.39, 0.29) is 11.8 Å². The van der Waals surface area contributed by atoms with E-state index in [2.05, 4.69) is 26.0 Å². The fourth-order valence-electron chi connectivity index (χ4n) is 1.82. The maximum atomic E-state index is 12.1. The monoisotopic (exact) mass is 233 g/mol. The SMILES string of the molecule is CCC(C)C(=O)N(CC)Cc1ccccc1C. The third-order valence-electron chi connectivity index (χ3n) is 3.35. The van der Waals surface area contributed by atoms with Crippen LogP contribution in [-0.2, 0) is 11.3 Å². The second-order valence-electron chi connectivity index (χ2n) is 4.59. The molecule has 0 heterocycles. The maximum absolute atomic E-state index is 12.1. The molecular formula is C15H23NO. The highest BCUT2D eigenvalue weighted by atomic mass is 16.2. The summed E-state index contributed by atoms with van der Waals surface area (Å²) in [5, 5.41) is 0. The van der Waals surface area contributed by atoms with Gasteiger partial charge < -0.3 is 4.90 Å². The van der Waals surface area contributed by atoms with Gasteiger partial charge in [-0.3, -0.25) is 4.79 Å².